The molecule has 0 heterocycles. The topological polar surface area (TPSA) is 35.2 Å². The Labute approximate surface area is 86.1 Å². The third kappa shape index (κ3) is 4.87. The van der Waals surface area contributed by atoms with Crippen molar-refractivity contribution in [2.24, 2.45) is 5.73 Å². The Morgan fingerprint density at radius 3 is 2.57 bits per heavy atom. The maximum Gasteiger partial charge on any atom is 0.119 e. The van der Waals surface area contributed by atoms with Gasteiger partial charge in [-0.25, -0.2) is 0 Å². The molecule has 2 nitrogen and oxygen atoms in total. The number of hydrogen-bond acceptors (Lipinski definition) is 2. The van der Waals surface area contributed by atoms with Crippen molar-refractivity contribution in [2.45, 2.75) is 32.2 Å². The summed E-state index contributed by atoms with van der Waals surface area (Å²) in [6, 6.07) is 10.2. The number of rotatable bonds is 6. The molecule has 14 heavy (non-hydrogen) atoms. The minimum absolute atomic E-state index is 0.312. The summed E-state index contributed by atoms with van der Waals surface area (Å²) in [7, 11) is 0. The average Bonchev–Trinajstić information content (AvgIpc) is 2.18. The van der Waals surface area contributed by atoms with Gasteiger partial charge in [0.2, 0.25) is 0 Å². The summed E-state index contributed by atoms with van der Waals surface area (Å²) in [5.41, 5.74) is 5.64. The molecule has 1 aromatic carbocycles. The predicted molar refractivity (Wildman–Crippen MR) is 59.4 cm³/mol. The van der Waals surface area contributed by atoms with E-state index in [2.05, 4.69) is 0 Å². The summed E-state index contributed by atoms with van der Waals surface area (Å²) in [4.78, 5) is 0. The van der Waals surface area contributed by atoms with Gasteiger partial charge < -0.3 is 10.5 Å². The van der Waals surface area contributed by atoms with Crippen LogP contribution in [0, 0.1) is 0 Å². The Balaban J connectivity index is 2.05. The van der Waals surface area contributed by atoms with Crippen LogP contribution in [-0.4, -0.2) is 12.6 Å². The maximum atomic E-state index is 5.64. The fourth-order valence-corrected chi connectivity index (χ4v) is 1.28. The minimum atomic E-state index is 0.312. The first-order valence-corrected chi connectivity index (χ1v) is 5.22. The zero-order chi connectivity index (χ0) is 10.2. The smallest absolute Gasteiger partial charge is 0.119 e. The van der Waals surface area contributed by atoms with E-state index in [1.165, 1.54) is 0 Å². The highest BCUT2D eigenvalue weighted by Crippen LogP contribution is 2.09. The lowest BCUT2D eigenvalue weighted by molar-refractivity contribution is 0.303. The molecule has 1 aromatic rings. The molecule has 0 bridgehead atoms. The summed E-state index contributed by atoms with van der Waals surface area (Å²) in [5.74, 6) is 0.952. The summed E-state index contributed by atoms with van der Waals surface area (Å²) < 4.78 is 5.55. The molecule has 0 unspecified atom stereocenters. The van der Waals surface area contributed by atoms with Gasteiger partial charge >= 0.3 is 0 Å². The Bertz CT molecular complexity index is 233. The predicted octanol–water partition coefficient (Wildman–Crippen LogP) is 2.58. The third-order valence-corrected chi connectivity index (χ3v) is 2.07. The van der Waals surface area contributed by atoms with Gasteiger partial charge in [0.25, 0.3) is 0 Å². The van der Waals surface area contributed by atoms with E-state index in [1.807, 2.05) is 37.3 Å². The minimum Gasteiger partial charge on any atom is -0.494 e. The fourth-order valence-electron chi connectivity index (χ4n) is 1.28. The van der Waals surface area contributed by atoms with Crippen molar-refractivity contribution in [3.8, 4) is 5.75 Å². The number of ether oxygens (including phenoxy) is 1. The molecule has 0 aliphatic rings. The monoisotopic (exact) mass is 193 g/mol. The van der Waals surface area contributed by atoms with Gasteiger partial charge in [0.15, 0.2) is 0 Å². The molecule has 0 saturated carbocycles. The lowest BCUT2D eigenvalue weighted by Gasteiger charge is -2.06. The second kappa shape index (κ2) is 6.44. The van der Waals surface area contributed by atoms with Crippen LogP contribution in [0.2, 0.25) is 0 Å². The number of para-hydroxylation sites is 1. The van der Waals surface area contributed by atoms with Crippen molar-refractivity contribution >= 4 is 0 Å². The largest absolute Gasteiger partial charge is 0.494 e. The van der Waals surface area contributed by atoms with Gasteiger partial charge in [-0.15, -0.1) is 0 Å². The second-order valence-corrected chi connectivity index (χ2v) is 3.63. The van der Waals surface area contributed by atoms with E-state index in [-0.39, 0.29) is 0 Å². The van der Waals surface area contributed by atoms with Crippen molar-refractivity contribution in [1.29, 1.82) is 0 Å². The highest BCUT2D eigenvalue weighted by molar-refractivity contribution is 5.20. The van der Waals surface area contributed by atoms with E-state index in [9.17, 15) is 0 Å². The maximum absolute atomic E-state index is 5.64. The molecule has 0 saturated heterocycles. The molecule has 0 radical (unpaired) electrons. The van der Waals surface area contributed by atoms with E-state index in [0.29, 0.717) is 6.04 Å². The third-order valence-electron chi connectivity index (χ3n) is 2.07. The highest BCUT2D eigenvalue weighted by atomic mass is 16.5. The average molecular weight is 193 g/mol. The molecule has 2 heteroatoms. The van der Waals surface area contributed by atoms with Crippen LogP contribution in [0.4, 0.5) is 0 Å². The lowest BCUT2D eigenvalue weighted by atomic mass is 10.1. The summed E-state index contributed by atoms with van der Waals surface area (Å²) in [6.07, 6.45) is 3.30. The Hall–Kier alpha value is -1.02. The lowest BCUT2D eigenvalue weighted by Crippen LogP contribution is -2.14. The van der Waals surface area contributed by atoms with Crippen molar-refractivity contribution in [3.63, 3.8) is 0 Å². The van der Waals surface area contributed by atoms with Crippen LogP contribution in [0.15, 0.2) is 30.3 Å². The van der Waals surface area contributed by atoms with Crippen LogP contribution < -0.4 is 10.5 Å². The number of unbranched alkanes of at least 4 members (excludes halogenated alkanes) is 1. The molecule has 0 fully saturated rings. The molecule has 0 amide bonds. The van der Waals surface area contributed by atoms with Gasteiger partial charge in [0, 0.05) is 6.04 Å². The number of benzene rings is 1. The number of nitrogens with two attached hydrogens (primary N) is 1. The zero-order valence-electron chi connectivity index (χ0n) is 8.78. The highest BCUT2D eigenvalue weighted by Gasteiger charge is 1.95. The van der Waals surface area contributed by atoms with Crippen LogP contribution in [-0.2, 0) is 0 Å². The van der Waals surface area contributed by atoms with E-state index in [4.69, 9.17) is 10.5 Å². The fraction of sp³-hybridized carbons (Fsp3) is 0.500. The summed E-state index contributed by atoms with van der Waals surface area (Å²) >= 11 is 0. The molecule has 1 rings (SSSR count). The van der Waals surface area contributed by atoms with Gasteiger partial charge in [-0.3, -0.25) is 0 Å². The molecule has 78 valence electrons. The van der Waals surface area contributed by atoms with Gasteiger partial charge in [0.1, 0.15) is 5.75 Å². The van der Waals surface area contributed by atoms with Crippen LogP contribution in [0.1, 0.15) is 26.2 Å². The standard InChI is InChI=1S/C12H19NO/c1-11(13)7-5-6-10-14-12-8-3-2-4-9-12/h2-4,8-9,11H,5-7,10,13H2,1H3/t11-/m1/s1. The van der Waals surface area contributed by atoms with E-state index in [1.54, 1.807) is 0 Å². The Morgan fingerprint density at radius 2 is 1.93 bits per heavy atom. The quantitative estimate of drug-likeness (QED) is 0.705. The van der Waals surface area contributed by atoms with Crippen LogP contribution in [0.25, 0.3) is 0 Å². The molecule has 2 N–H and O–H groups in total. The molecule has 0 aliphatic carbocycles. The van der Waals surface area contributed by atoms with Crippen LogP contribution >= 0.6 is 0 Å². The second-order valence-electron chi connectivity index (χ2n) is 3.63. The molecule has 0 aliphatic heterocycles. The van der Waals surface area contributed by atoms with Crippen molar-refractivity contribution in [3.05, 3.63) is 30.3 Å². The number of hydrogen-bond donors (Lipinski definition) is 1. The van der Waals surface area contributed by atoms with Crippen LogP contribution in [0.3, 0.4) is 0 Å². The molecule has 0 aromatic heterocycles. The molecular weight excluding hydrogens is 174 g/mol. The van der Waals surface area contributed by atoms with E-state index < -0.39 is 0 Å². The van der Waals surface area contributed by atoms with Gasteiger partial charge in [-0.1, -0.05) is 18.2 Å². The van der Waals surface area contributed by atoms with E-state index in [0.717, 1.165) is 31.6 Å². The summed E-state index contributed by atoms with van der Waals surface area (Å²) in [6.45, 7) is 2.83. The van der Waals surface area contributed by atoms with Crippen molar-refractivity contribution in [1.82, 2.24) is 0 Å². The first-order chi connectivity index (χ1) is 6.79. The van der Waals surface area contributed by atoms with Crippen molar-refractivity contribution < 1.29 is 4.74 Å². The van der Waals surface area contributed by atoms with E-state index >= 15 is 0 Å². The first kappa shape index (κ1) is 11.1. The molecule has 1 atom stereocenters. The van der Waals surface area contributed by atoms with Crippen molar-refractivity contribution in [2.75, 3.05) is 6.61 Å². The first-order valence-electron chi connectivity index (χ1n) is 5.22. The SMILES string of the molecule is C[C@@H](N)CCCCOc1ccccc1. The van der Waals surface area contributed by atoms with Gasteiger partial charge in [-0.05, 0) is 38.3 Å². The summed E-state index contributed by atoms with van der Waals surface area (Å²) in [5, 5.41) is 0. The normalized spacial score (nSPS) is 12.4. The van der Waals surface area contributed by atoms with Crippen LogP contribution in [0.5, 0.6) is 5.75 Å². The Kier molecular flexibility index (Phi) is 5.08. The molecule has 0 spiro atoms. The van der Waals surface area contributed by atoms with Gasteiger partial charge in [0.05, 0.1) is 6.61 Å². The Morgan fingerprint density at radius 1 is 1.21 bits per heavy atom. The zero-order valence-corrected chi connectivity index (χ0v) is 8.78. The molecular formula is C12H19NO. The van der Waals surface area contributed by atoms with Gasteiger partial charge in [-0.2, -0.15) is 0 Å².